The summed E-state index contributed by atoms with van der Waals surface area (Å²) in [4.78, 5) is 9.97. The second-order valence-corrected chi connectivity index (χ2v) is 4.26. The van der Waals surface area contributed by atoms with Crippen molar-refractivity contribution in [3.05, 3.63) is 18.6 Å². The number of hydrogen-bond donors (Lipinski definition) is 1. The van der Waals surface area contributed by atoms with E-state index in [0.717, 1.165) is 5.82 Å². The van der Waals surface area contributed by atoms with Crippen molar-refractivity contribution in [1.29, 1.82) is 0 Å². The maximum atomic E-state index is 10.3. The third kappa shape index (κ3) is 2.68. The van der Waals surface area contributed by atoms with Crippen molar-refractivity contribution in [3.63, 3.8) is 0 Å². The lowest BCUT2D eigenvalue weighted by Gasteiger charge is -2.35. The zero-order chi connectivity index (χ0) is 11.4. The van der Waals surface area contributed by atoms with Crippen molar-refractivity contribution in [1.82, 2.24) is 9.97 Å². The number of hydrogen-bond acceptors (Lipinski definition) is 5. The molecule has 5 heteroatoms. The van der Waals surface area contributed by atoms with Crippen molar-refractivity contribution in [2.24, 2.45) is 0 Å². The Kier molecular flexibility index (Phi) is 3.36. The number of aromatic nitrogens is 2. The minimum Gasteiger partial charge on any atom is -0.388 e. The largest absolute Gasteiger partial charge is 0.388 e. The molecule has 1 saturated heterocycles. The van der Waals surface area contributed by atoms with Gasteiger partial charge in [0.15, 0.2) is 0 Å². The summed E-state index contributed by atoms with van der Waals surface area (Å²) in [6, 6.07) is 1.84. The molecule has 0 aliphatic carbocycles. The van der Waals surface area contributed by atoms with Gasteiger partial charge in [0, 0.05) is 45.8 Å². The van der Waals surface area contributed by atoms with Crippen LogP contribution >= 0.6 is 0 Å². The average Bonchev–Trinajstić information content (AvgIpc) is 2.30. The van der Waals surface area contributed by atoms with Crippen LogP contribution in [0, 0.1) is 0 Å². The maximum Gasteiger partial charge on any atom is 0.131 e. The molecule has 88 valence electrons. The number of anilines is 1. The van der Waals surface area contributed by atoms with E-state index in [0.29, 0.717) is 32.6 Å². The van der Waals surface area contributed by atoms with Gasteiger partial charge in [0.1, 0.15) is 12.1 Å². The summed E-state index contributed by atoms with van der Waals surface area (Å²) in [5.41, 5.74) is -0.655. The van der Waals surface area contributed by atoms with E-state index >= 15 is 0 Å². The van der Waals surface area contributed by atoms with Crippen LogP contribution in [0.4, 0.5) is 5.82 Å². The normalized spacial score (nSPS) is 19.4. The molecule has 1 aromatic heterocycles. The molecule has 0 spiro atoms. The third-order valence-corrected chi connectivity index (χ3v) is 2.91. The van der Waals surface area contributed by atoms with Gasteiger partial charge in [-0.25, -0.2) is 9.97 Å². The maximum absolute atomic E-state index is 10.3. The molecule has 1 fully saturated rings. The summed E-state index contributed by atoms with van der Waals surface area (Å²) in [6.07, 6.45) is 4.58. The van der Waals surface area contributed by atoms with Crippen LogP contribution in [-0.4, -0.2) is 47.5 Å². The molecule has 1 aliphatic heterocycles. The summed E-state index contributed by atoms with van der Waals surface area (Å²) in [6.45, 7) is 1.84. The highest BCUT2D eigenvalue weighted by Gasteiger charge is 2.31. The molecule has 1 aliphatic rings. The first-order chi connectivity index (χ1) is 7.70. The number of likely N-dealkylation sites (N-methyl/N-ethyl adjacent to an activating group) is 1. The lowest BCUT2D eigenvalue weighted by Crippen LogP contribution is -2.45. The van der Waals surface area contributed by atoms with Crippen LogP contribution in [0.5, 0.6) is 0 Å². The lowest BCUT2D eigenvalue weighted by atomic mass is 9.94. The number of ether oxygens (including phenoxy) is 1. The second kappa shape index (κ2) is 4.76. The molecule has 0 atom stereocenters. The molecule has 0 saturated carbocycles. The van der Waals surface area contributed by atoms with E-state index in [4.69, 9.17) is 4.74 Å². The first-order valence-electron chi connectivity index (χ1n) is 5.47. The van der Waals surface area contributed by atoms with Crippen LogP contribution in [0.2, 0.25) is 0 Å². The summed E-state index contributed by atoms with van der Waals surface area (Å²) in [5.74, 6) is 0.829. The van der Waals surface area contributed by atoms with Crippen LogP contribution in [0.3, 0.4) is 0 Å². The number of rotatable bonds is 3. The van der Waals surface area contributed by atoms with Crippen LogP contribution < -0.4 is 4.90 Å². The van der Waals surface area contributed by atoms with E-state index in [9.17, 15) is 5.11 Å². The molecule has 2 heterocycles. The predicted molar refractivity (Wildman–Crippen MR) is 60.3 cm³/mol. The fourth-order valence-electron chi connectivity index (χ4n) is 1.94. The summed E-state index contributed by atoms with van der Waals surface area (Å²) < 4.78 is 5.25. The molecule has 0 bridgehead atoms. The first-order valence-corrected chi connectivity index (χ1v) is 5.47. The molecule has 1 aromatic rings. The average molecular weight is 223 g/mol. The Hall–Kier alpha value is -1.20. The standard InChI is InChI=1S/C11H17N3O2/c1-14(10-2-5-12-9-13-10)8-11(15)3-6-16-7-4-11/h2,5,9,15H,3-4,6-8H2,1H3. The van der Waals surface area contributed by atoms with Gasteiger partial charge >= 0.3 is 0 Å². The van der Waals surface area contributed by atoms with Gasteiger partial charge in [0.05, 0.1) is 5.60 Å². The zero-order valence-electron chi connectivity index (χ0n) is 9.46. The first kappa shape index (κ1) is 11.3. The molecule has 0 amide bonds. The fraction of sp³-hybridized carbons (Fsp3) is 0.636. The Morgan fingerprint density at radius 1 is 1.50 bits per heavy atom. The second-order valence-electron chi connectivity index (χ2n) is 4.26. The van der Waals surface area contributed by atoms with Gasteiger partial charge in [-0.15, -0.1) is 0 Å². The summed E-state index contributed by atoms with van der Waals surface area (Å²) in [7, 11) is 1.93. The highest BCUT2D eigenvalue weighted by Crippen LogP contribution is 2.22. The Bertz CT molecular complexity index is 325. The van der Waals surface area contributed by atoms with E-state index in [1.165, 1.54) is 6.33 Å². The molecular formula is C11H17N3O2. The predicted octanol–water partition coefficient (Wildman–Crippen LogP) is 0.454. The highest BCUT2D eigenvalue weighted by molar-refractivity contribution is 5.35. The van der Waals surface area contributed by atoms with Gasteiger partial charge in [-0.3, -0.25) is 0 Å². The van der Waals surface area contributed by atoms with Gasteiger partial charge in [0.25, 0.3) is 0 Å². The molecule has 2 rings (SSSR count). The third-order valence-electron chi connectivity index (χ3n) is 2.91. The highest BCUT2D eigenvalue weighted by atomic mass is 16.5. The minimum absolute atomic E-state index is 0.577. The smallest absolute Gasteiger partial charge is 0.131 e. The van der Waals surface area contributed by atoms with E-state index in [1.54, 1.807) is 6.20 Å². The summed E-state index contributed by atoms with van der Waals surface area (Å²) in [5, 5.41) is 10.3. The van der Waals surface area contributed by atoms with E-state index in [2.05, 4.69) is 9.97 Å². The molecule has 0 radical (unpaired) electrons. The Balaban J connectivity index is 1.98. The SMILES string of the molecule is CN(CC1(O)CCOCC1)c1ccncn1. The van der Waals surface area contributed by atoms with E-state index in [-0.39, 0.29) is 0 Å². The van der Waals surface area contributed by atoms with Crippen molar-refractivity contribution in [3.8, 4) is 0 Å². The molecule has 1 N–H and O–H groups in total. The minimum atomic E-state index is -0.655. The number of nitrogens with zero attached hydrogens (tertiary/aromatic N) is 3. The topological polar surface area (TPSA) is 58.5 Å². The van der Waals surface area contributed by atoms with Crippen LogP contribution in [0.25, 0.3) is 0 Å². The fourth-order valence-corrected chi connectivity index (χ4v) is 1.94. The molecule has 0 aromatic carbocycles. The Morgan fingerprint density at radius 2 is 2.25 bits per heavy atom. The van der Waals surface area contributed by atoms with Gasteiger partial charge in [-0.2, -0.15) is 0 Å². The monoisotopic (exact) mass is 223 g/mol. The van der Waals surface area contributed by atoms with Crippen molar-refractivity contribution in [2.75, 3.05) is 31.7 Å². The molecule has 16 heavy (non-hydrogen) atoms. The van der Waals surface area contributed by atoms with Gasteiger partial charge in [0.2, 0.25) is 0 Å². The van der Waals surface area contributed by atoms with E-state index < -0.39 is 5.60 Å². The zero-order valence-corrected chi connectivity index (χ0v) is 9.46. The van der Waals surface area contributed by atoms with Crippen molar-refractivity contribution < 1.29 is 9.84 Å². The summed E-state index contributed by atoms with van der Waals surface area (Å²) >= 11 is 0. The lowest BCUT2D eigenvalue weighted by molar-refractivity contribution is -0.0573. The van der Waals surface area contributed by atoms with Crippen LogP contribution in [-0.2, 0) is 4.74 Å². The van der Waals surface area contributed by atoms with Crippen molar-refractivity contribution in [2.45, 2.75) is 18.4 Å². The Labute approximate surface area is 95.1 Å². The molecule has 0 unspecified atom stereocenters. The number of aliphatic hydroxyl groups is 1. The van der Waals surface area contributed by atoms with E-state index in [1.807, 2.05) is 18.0 Å². The molecular weight excluding hydrogens is 206 g/mol. The quantitative estimate of drug-likeness (QED) is 0.806. The van der Waals surface area contributed by atoms with Gasteiger partial charge in [-0.05, 0) is 6.07 Å². The van der Waals surface area contributed by atoms with Crippen molar-refractivity contribution >= 4 is 5.82 Å². The molecule has 5 nitrogen and oxygen atoms in total. The van der Waals surface area contributed by atoms with Gasteiger partial charge in [-0.1, -0.05) is 0 Å². The Morgan fingerprint density at radius 3 is 2.88 bits per heavy atom. The van der Waals surface area contributed by atoms with Gasteiger partial charge < -0.3 is 14.7 Å². The van der Waals surface area contributed by atoms with Crippen LogP contribution in [0.15, 0.2) is 18.6 Å². The van der Waals surface area contributed by atoms with Crippen LogP contribution in [0.1, 0.15) is 12.8 Å².